The Labute approximate surface area is 89.5 Å². The van der Waals surface area contributed by atoms with Crippen molar-refractivity contribution in [3.05, 3.63) is 17.3 Å². The molecule has 7 heteroatoms. The maximum absolute atomic E-state index is 11.9. The predicted octanol–water partition coefficient (Wildman–Crippen LogP) is 1.94. The van der Waals surface area contributed by atoms with Gasteiger partial charge in [0, 0.05) is 11.8 Å². The number of nitrogens with two attached hydrogens (primary N) is 1. The predicted molar refractivity (Wildman–Crippen MR) is 49.4 cm³/mol. The van der Waals surface area contributed by atoms with Gasteiger partial charge in [-0.3, -0.25) is 0 Å². The SMILES string of the molecule is Cc1c(N)cc(OC(F)(F)F)nc1CC#N. The molecule has 0 saturated carbocycles. The van der Waals surface area contributed by atoms with Crippen LogP contribution in [0.4, 0.5) is 18.9 Å². The highest BCUT2D eigenvalue weighted by Gasteiger charge is 2.32. The van der Waals surface area contributed by atoms with Gasteiger partial charge in [0.15, 0.2) is 0 Å². The third-order valence-electron chi connectivity index (χ3n) is 1.86. The number of aromatic nitrogens is 1. The summed E-state index contributed by atoms with van der Waals surface area (Å²) in [5, 5.41) is 8.46. The standard InChI is InChI=1S/C9H8F3N3O/c1-5-6(14)4-8(16-9(10,11)12)15-7(5)2-3-13/h4H,2H2,1H3,(H2,14,15). The zero-order chi connectivity index (χ0) is 12.3. The molecule has 0 saturated heterocycles. The van der Waals surface area contributed by atoms with E-state index in [0.29, 0.717) is 5.56 Å². The molecule has 86 valence electrons. The van der Waals surface area contributed by atoms with Gasteiger partial charge < -0.3 is 10.5 Å². The highest BCUT2D eigenvalue weighted by molar-refractivity contribution is 5.51. The van der Waals surface area contributed by atoms with Gasteiger partial charge in [-0.15, -0.1) is 13.2 Å². The van der Waals surface area contributed by atoms with Crippen molar-refractivity contribution < 1.29 is 17.9 Å². The van der Waals surface area contributed by atoms with Crippen molar-refractivity contribution in [2.24, 2.45) is 0 Å². The Morgan fingerprint density at radius 2 is 2.19 bits per heavy atom. The molecule has 0 aromatic carbocycles. The summed E-state index contributed by atoms with van der Waals surface area (Å²) >= 11 is 0. The molecule has 2 N–H and O–H groups in total. The summed E-state index contributed by atoms with van der Waals surface area (Å²) < 4.78 is 39.4. The molecule has 1 aromatic heterocycles. The number of pyridine rings is 1. The van der Waals surface area contributed by atoms with Crippen molar-refractivity contribution in [3.63, 3.8) is 0 Å². The Balaban J connectivity index is 3.10. The van der Waals surface area contributed by atoms with Crippen molar-refractivity contribution in [1.29, 1.82) is 5.26 Å². The first-order valence-electron chi connectivity index (χ1n) is 4.22. The van der Waals surface area contributed by atoms with Crippen LogP contribution in [0, 0.1) is 18.3 Å². The second-order valence-corrected chi connectivity index (χ2v) is 3.00. The van der Waals surface area contributed by atoms with Crippen molar-refractivity contribution >= 4 is 5.69 Å². The minimum Gasteiger partial charge on any atom is -0.398 e. The normalized spacial score (nSPS) is 10.9. The number of halogens is 3. The fourth-order valence-corrected chi connectivity index (χ4v) is 1.07. The number of alkyl halides is 3. The summed E-state index contributed by atoms with van der Waals surface area (Å²) in [6.07, 6.45) is -4.94. The van der Waals surface area contributed by atoms with Crippen LogP contribution >= 0.6 is 0 Å². The lowest BCUT2D eigenvalue weighted by Crippen LogP contribution is -2.18. The highest BCUT2D eigenvalue weighted by Crippen LogP contribution is 2.25. The van der Waals surface area contributed by atoms with E-state index in [1.165, 1.54) is 0 Å². The van der Waals surface area contributed by atoms with E-state index in [4.69, 9.17) is 11.0 Å². The number of ether oxygens (including phenoxy) is 1. The summed E-state index contributed by atoms with van der Waals surface area (Å²) in [6.45, 7) is 1.58. The lowest BCUT2D eigenvalue weighted by molar-refractivity contribution is -0.276. The lowest BCUT2D eigenvalue weighted by atomic mass is 10.1. The van der Waals surface area contributed by atoms with E-state index in [1.807, 2.05) is 0 Å². The molecule has 1 aromatic rings. The summed E-state index contributed by atoms with van der Waals surface area (Å²) in [7, 11) is 0. The molecule has 0 fully saturated rings. The molecule has 1 heterocycles. The minimum absolute atomic E-state index is 0.111. The van der Waals surface area contributed by atoms with Gasteiger partial charge in [0.25, 0.3) is 0 Å². The van der Waals surface area contributed by atoms with Crippen molar-refractivity contribution in [3.8, 4) is 11.9 Å². The number of nitrogen functional groups attached to an aromatic ring is 1. The smallest absolute Gasteiger partial charge is 0.398 e. The zero-order valence-electron chi connectivity index (χ0n) is 8.30. The third-order valence-corrected chi connectivity index (χ3v) is 1.86. The molecule has 0 unspecified atom stereocenters. The molecular formula is C9H8F3N3O. The number of nitrogens with zero attached hydrogens (tertiary/aromatic N) is 2. The molecule has 0 aliphatic rings. The molecular weight excluding hydrogens is 223 g/mol. The van der Waals surface area contributed by atoms with Crippen molar-refractivity contribution in [2.45, 2.75) is 19.7 Å². The van der Waals surface area contributed by atoms with E-state index >= 15 is 0 Å². The van der Waals surface area contributed by atoms with E-state index in [2.05, 4.69) is 9.72 Å². The summed E-state index contributed by atoms with van der Waals surface area (Å²) in [4.78, 5) is 3.56. The molecule has 0 bridgehead atoms. The van der Waals surface area contributed by atoms with Crippen LogP contribution in [0.25, 0.3) is 0 Å². The highest BCUT2D eigenvalue weighted by atomic mass is 19.4. The fourth-order valence-electron chi connectivity index (χ4n) is 1.07. The van der Waals surface area contributed by atoms with Crippen molar-refractivity contribution in [1.82, 2.24) is 4.98 Å². The van der Waals surface area contributed by atoms with E-state index in [9.17, 15) is 13.2 Å². The average molecular weight is 231 g/mol. The van der Waals surface area contributed by atoms with Gasteiger partial charge in [0.2, 0.25) is 5.88 Å². The summed E-state index contributed by atoms with van der Waals surface area (Å²) in [5.74, 6) is -0.652. The van der Waals surface area contributed by atoms with Gasteiger partial charge in [0.05, 0.1) is 18.2 Å². The van der Waals surface area contributed by atoms with Crippen molar-refractivity contribution in [2.75, 3.05) is 5.73 Å². The van der Waals surface area contributed by atoms with Gasteiger partial charge in [-0.25, -0.2) is 4.98 Å². The third kappa shape index (κ3) is 3.02. The Kier molecular flexibility index (Phi) is 3.22. The molecule has 1 rings (SSSR count). The minimum atomic E-state index is -4.82. The van der Waals surface area contributed by atoms with E-state index in [-0.39, 0.29) is 17.8 Å². The monoisotopic (exact) mass is 231 g/mol. The number of anilines is 1. The zero-order valence-corrected chi connectivity index (χ0v) is 8.30. The van der Waals surface area contributed by atoms with Crippen LogP contribution in [0.1, 0.15) is 11.3 Å². The van der Waals surface area contributed by atoms with Gasteiger partial charge in [-0.05, 0) is 12.5 Å². The Morgan fingerprint density at radius 1 is 1.56 bits per heavy atom. The van der Waals surface area contributed by atoms with Crippen LogP contribution < -0.4 is 10.5 Å². The maximum Gasteiger partial charge on any atom is 0.574 e. The van der Waals surface area contributed by atoms with E-state index in [1.54, 1.807) is 13.0 Å². The van der Waals surface area contributed by atoms with Gasteiger partial charge in [-0.1, -0.05) is 0 Å². The molecule has 0 spiro atoms. The fraction of sp³-hybridized carbons (Fsp3) is 0.333. The van der Waals surface area contributed by atoms with Crippen LogP contribution in [-0.2, 0) is 6.42 Å². The number of rotatable bonds is 2. The lowest BCUT2D eigenvalue weighted by Gasteiger charge is -2.11. The Bertz CT molecular complexity index is 437. The number of hydrogen-bond donors (Lipinski definition) is 1. The molecule has 0 amide bonds. The second-order valence-electron chi connectivity index (χ2n) is 3.00. The first-order valence-corrected chi connectivity index (χ1v) is 4.22. The quantitative estimate of drug-likeness (QED) is 0.844. The van der Waals surface area contributed by atoms with Gasteiger partial charge >= 0.3 is 6.36 Å². The molecule has 0 radical (unpaired) electrons. The molecule has 0 aliphatic carbocycles. The topological polar surface area (TPSA) is 71.9 Å². The summed E-state index contributed by atoms with van der Waals surface area (Å²) in [5.41, 5.74) is 6.25. The first-order chi connectivity index (χ1) is 7.33. The maximum atomic E-state index is 11.9. The number of hydrogen-bond acceptors (Lipinski definition) is 4. The van der Waals surface area contributed by atoms with Gasteiger partial charge in [0.1, 0.15) is 0 Å². The van der Waals surface area contributed by atoms with E-state index < -0.39 is 12.2 Å². The van der Waals surface area contributed by atoms with E-state index in [0.717, 1.165) is 6.07 Å². The average Bonchev–Trinajstić information content (AvgIpc) is 2.11. The van der Waals surface area contributed by atoms with Crippen LogP contribution in [0.15, 0.2) is 6.07 Å². The van der Waals surface area contributed by atoms with Crippen LogP contribution in [0.5, 0.6) is 5.88 Å². The first kappa shape index (κ1) is 12.1. The Hall–Kier alpha value is -1.97. The number of nitriles is 1. The second kappa shape index (κ2) is 4.26. The summed E-state index contributed by atoms with van der Waals surface area (Å²) in [6, 6.07) is 2.76. The van der Waals surface area contributed by atoms with Crippen LogP contribution in [0.3, 0.4) is 0 Å². The van der Waals surface area contributed by atoms with Crippen LogP contribution in [0.2, 0.25) is 0 Å². The Morgan fingerprint density at radius 3 is 2.69 bits per heavy atom. The molecule has 0 atom stereocenters. The molecule has 0 aliphatic heterocycles. The van der Waals surface area contributed by atoms with Crippen LogP contribution in [-0.4, -0.2) is 11.3 Å². The van der Waals surface area contributed by atoms with Gasteiger partial charge in [-0.2, -0.15) is 5.26 Å². The molecule has 4 nitrogen and oxygen atoms in total. The largest absolute Gasteiger partial charge is 0.574 e. The molecule has 16 heavy (non-hydrogen) atoms.